The predicted octanol–water partition coefficient (Wildman–Crippen LogP) is 1.76. The molecule has 1 aliphatic heterocycles. The first-order valence-corrected chi connectivity index (χ1v) is 3.81. The van der Waals surface area contributed by atoms with Crippen LogP contribution in [0.5, 0.6) is 0 Å². The minimum absolute atomic E-state index is 0.00849. The van der Waals surface area contributed by atoms with Crippen LogP contribution in [0, 0.1) is 0 Å². The van der Waals surface area contributed by atoms with E-state index >= 15 is 0 Å². The molecule has 58 valence electrons. The fourth-order valence-electron chi connectivity index (χ4n) is 0.736. The summed E-state index contributed by atoms with van der Waals surface area (Å²) in [5.74, 6) is 0.612. The van der Waals surface area contributed by atoms with Crippen LogP contribution in [-0.2, 0) is 4.74 Å². The largest absolute Gasteiger partial charge is 0.479 e. The number of nitrogens with zero attached hydrogens (tertiary/aromatic N) is 1. The van der Waals surface area contributed by atoms with Crippen LogP contribution in [0.2, 0.25) is 0 Å². The van der Waals surface area contributed by atoms with Crippen LogP contribution in [-0.4, -0.2) is 23.0 Å². The third-order valence-electron chi connectivity index (χ3n) is 1.66. The van der Waals surface area contributed by atoms with Gasteiger partial charge in [-0.15, -0.1) is 11.6 Å². The lowest BCUT2D eigenvalue weighted by molar-refractivity contribution is 0.105. The van der Waals surface area contributed by atoms with E-state index in [0.29, 0.717) is 12.6 Å². The van der Waals surface area contributed by atoms with Gasteiger partial charge in [-0.1, -0.05) is 0 Å². The van der Waals surface area contributed by atoms with Gasteiger partial charge >= 0.3 is 0 Å². The van der Waals surface area contributed by atoms with Gasteiger partial charge in [0.15, 0.2) is 6.73 Å². The lowest BCUT2D eigenvalue weighted by Gasteiger charge is -2.32. The standard InChI is InChI=1S/C7H12ClNO/c1-7(2,5-8)9-3-4-10-6-9/h3-4H,5-6H2,1-2H3. The predicted molar refractivity (Wildman–Crippen MR) is 41.7 cm³/mol. The van der Waals surface area contributed by atoms with E-state index in [0.717, 1.165) is 0 Å². The Balaban J connectivity index is 2.54. The molecule has 3 heteroatoms. The van der Waals surface area contributed by atoms with Crippen molar-refractivity contribution in [3.63, 3.8) is 0 Å². The summed E-state index contributed by atoms with van der Waals surface area (Å²) in [7, 11) is 0. The van der Waals surface area contributed by atoms with Crippen molar-refractivity contribution in [3.05, 3.63) is 12.5 Å². The zero-order valence-electron chi connectivity index (χ0n) is 6.30. The number of hydrogen-bond acceptors (Lipinski definition) is 2. The van der Waals surface area contributed by atoms with Gasteiger partial charge in [0, 0.05) is 12.1 Å². The van der Waals surface area contributed by atoms with E-state index in [9.17, 15) is 0 Å². The second-order valence-corrected chi connectivity index (χ2v) is 3.26. The Labute approximate surface area is 66.4 Å². The molecule has 0 spiro atoms. The normalized spacial score (nSPS) is 17.7. The first-order chi connectivity index (χ1) is 4.67. The summed E-state index contributed by atoms with van der Waals surface area (Å²) in [5, 5.41) is 0. The minimum atomic E-state index is 0.00849. The Morgan fingerprint density at radius 2 is 2.40 bits per heavy atom. The van der Waals surface area contributed by atoms with Crippen molar-refractivity contribution in [2.24, 2.45) is 0 Å². The van der Waals surface area contributed by atoms with Gasteiger partial charge in [-0.25, -0.2) is 0 Å². The van der Waals surface area contributed by atoms with E-state index in [4.69, 9.17) is 16.3 Å². The molecule has 0 saturated heterocycles. The summed E-state index contributed by atoms with van der Waals surface area (Å²) in [6.45, 7) is 4.79. The van der Waals surface area contributed by atoms with E-state index in [1.54, 1.807) is 6.26 Å². The van der Waals surface area contributed by atoms with Crippen molar-refractivity contribution in [1.29, 1.82) is 0 Å². The van der Waals surface area contributed by atoms with E-state index in [-0.39, 0.29) is 5.54 Å². The molecule has 1 aliphatic rings. The third-order valence-corrected chi connectivity index (χ3v) is 2.31. The lowest BCUT2D eigenvalue weighted by Crippen LogP contribution is -2.40. The summed E-state index contributed by atoms with van der Waals surface area (Å²) in [6, 6.07) is 0. The number of hydrogen-bond donors (Lipinski definition) is 0. The van der Waals surface area contributed by atoms with Crippen LogP contribution in [0.1, 0.15) is 13.8 Å². The molecule has 0 atom stereocenters. The van der Waals surface area contributed by atoms with Gasteiger partial charge in [-0.3, -0.25) is 0 Å². The average molecular weight is 162 g/mol. The van der Waals surface area contributed by atoms with Crippen molar-refractivity contribution in [2.45, 2.75) is 19.4 Å². The molecule has 0 aromatic carbocycles. The second kappa shape index (κ2) is 2.70. The molecule has 10 heavy (non-hydrogen) atoms. The summed E-state index contributed by atoms with van der Waals surface area (Å²) < 4.78 is 5.03. The van der Waals surface area contributed by atoms with Crippen molar-refractivity contribution in [3.8, 4) is 0 Å². The summed E-state index contributed by atoms with van der Waals surface area (Å²) in [6.07, 6.45) is 3.61. The highest BCUT2D eigenvalue weighted by atomic mass is 35.5. The van der Waals surface area contributed by atoms with Gasteiger partial charge < -0.3 is 9.64 Å². The Morgan fingerprint density at radius 1 is 1.70 bits per heavy atom. The zero-order valence-corrected chi connectivity index (χ0v) is 7.06. The number of ether oxygens (including phenoxy) is 1. The Hall–Kier alpha value is -0.370. The highest BCUT2D eigenvalue weighted by molar-refractivity contribution is 6.18. The molecular formula is C7H12ClNO. The van der Waals surface area contributed by atoms with Gasteiger partial charge in [0.1, 0.15) is 6.26 Å². The SMILES string of the molecule is CC(C)(CCl)N1C=COC1. The fourth-order valence-corrected chi connectivity index (χ4v) is 0.890. The number of halogens is 1. The Kier molecular flexibility index (Phi) is 2.09. The molecule has 0 saturated carbocycles. The Bertz CT molecular complexity index is 145. The van der Waals surface area contributed by atoms with Crippen molar-refractivity contribution >= 4 is 11.6 Å². The highest BCUT2D eigenvalue weighted by Crippen LogP contribution is 2.19. The highest BCUT2D eigenvalue weighted by Gasteiger charge is 2.24. The lowest BCUT2D eigenvalue weighted by atomic mass is 10.1. The van der Waals surface area contributed by atoms with Crippen LogP contribution < -0.4 is 0 Å². The van der Waals surface area contributed by atoms with Crippen molar-refractivity contribution in [1.82, 2.24) is 4.90 Å². The molecular weight excluding hydrogens is 150 g/mol. The smallest absolute Gasteiger partial charge is 0.160 e. The average Bonchev–Trinajstić information content (AvgIpc) is 2.38. The molecule has 0 aromatic heterocycles. The quantitative estimate of drug-likeness (QED) is 0.573. The maximum absolute atomic E-state index is 5.74. The molecule has 0 aliphatic carbocycles. The molecule has 0 fully saturated rings. The molecule has 0 bridgehead atoms. The first kappa shape index (κ1) is 7.73. The van der Waals surface area contributed by atoms with Crippen LogP contribution in [0.15, 0.2) is 12.5 Å². The van der Waals surface area contributed by atoms with Gasteiger partial charge in [-0.2, -0.15) is 0 Å². The first-order valence-electron chi connectivity index (χ1n) is 3.28. The molecule has 0 radical (unpaired) electrons. The number of alkyl halides is 1. The summed E-state index contributed by atoms with van der Waals surface area (Å²) in [5.41, 5.74) is 0.00849. The maximum Gasteiger partial charge on any atom is 0.160 e. The zero-order chi connectivity index (χ0) is 7.61. The van der Waals surface area contributed by atoms with E-state index in [1.807, 2.05) is 6.20 Å². The van der Waals surface area contributed by atoms with Gasteiger partial charge in [0.25, 0.3) is 0 Å². The molecule has 0 N–H and O–H groups in total. The van der Waals surface area contributed by atoms with Gasteiger partial charge in [-0.05, 0) is 13.8 Å². The van der Waals surface area contributed by atoms with Gasteiger partial charge in [0.05, 0.1) is 5.54 Å². The number of rotatable bonds is 2. The van der Waals surface area contributed by atoms with E-state index in [1.165, 1.54) is 0 Å². The molecule has 1 heterocycles. The van der Waals surface area contributed by atoms with Crippen molar-refractivity contribution < 1.29 is 4.74 Å². The molecule has 0 amide bonds. The Morgan fingerprint density at radius 3 is 2.80 bits per heavy atom. The van der Waals surface area contributed by atoms with Crippen LogP contribution in [0.4, 0.5) is 0 Å². The van der Waals surface area contributed by atoms with E-state index in [2.05, 4.69) is 18.7 Å². The third kappa shape index (κ3) is 1.37. The fraction of sp³-hybridized carbons (Fsp3) is 0.714. The molecule has 0 aromatic rings. The van der Waals surface area contributed by atoms with Crippen LogP contribution in [0.25, 0.3) is 0 Å². The second-order valence-electron chi connectivity index (χ2n) is 3.00. The molecule has 1 rings (SSSR count). The maximum atomic E-state index is 5.74. The van der Waals surface area contributed by atoms with Crippen LogP contribution >= 0.6 is 11.6 Å². The topological polar surface area (TPSA) is 12.5 Å². The summed E-state index contributed by atoms with van der Waals surface area (Å²) in [4.78, 5) is 2.07. The van der Waals surface area contributed by atoms with Crippen LogP contribution in [0.3, 0.4) is 0 Å². The van der Waals surface area contributed by atoms with E-state index < -0.39 is 0 Å². The van der Waals surface area contributed by atoms with Gasteiger partial charge in [0.2, 0.25) is 0 Å². The minimum Gasteiger partial charge on any atom is -0.479 e. The summed E-state index contributed by atoms with van der Waals surface area (Å²) >= 11 is 5.74. The molecule has 0 unspecified atom stereocenters. The monoisotopic (exact) mass is 161 g/mol. The van der Waals surface area contributed by atoms with Crippen molar-refractivity contribution in [2.75, 3.05) is 12.6 Å². The molecule has 2 nitrogen and oxygen atoms in total.